The Bertz CT molecular complexity index is 673. The summed E-state index contributed by atoms with van der Waals surface area (Å²) in [4.78, 5) is 12.3. The number of nitrogens with one attached hydrogen (secondary N) is 1. The predicted octanol–water partition coefficient (Wildman–Crippen LogP) is 4.26. The largest absolute Gasteiger partial charge is 0.492 e. The summed E-state index contributed by atoms with van der Waals surface area (Å²) in [5.41, 5.74) is 1.27. The van der Waals surface area contributed by atoms with Crippen molar-refractivity contribution in [2.24, 2.45) is 0 Å². The molecule has 5 heteroatoms. The number of para-hydroxylation sites is 1. The fourth-order valence-electron chi connectivity index (χ4n) is 2.29. The lowest BCUT2D eigenvalue weighted by molar-refractivity contribution is -0.128. The van der Waals surface area contributed by atoms with Crippen molar-refractivity contribution in [3.05, 3.63) is 59.1 Å². The van der Waals surface area contributed by atoms with Crippen LogP contribution >= 0.6 is 11.6 Å². The van der Waals surface area contributed by atoms with Gasteiger partial charge in [0.2, 0.25) is 0 Å². The third-order valence-corrected chi connectivity index (χ3v) is 4.08. The van der Waals surface area contributed by atoms with Gasteiger partial charge in [0.1, 0.15) is 18.1 Å². The zero-order chi connectivity index (χ0) is 18.1. The van der Waals surface area contributed by atoms with Gasteiger partial charge in [-0.15, -0.1) is 0 Å². The Kier molecular flexibility index (Phi) is 7.61. The molecule has 0 aliphatic heterocycles. The molecule has 0 heterocycles. The molecule has 0 aliphatic rings. The Labute approximate surface area is 154 Å². The molecule has 4 nitrogen and oxygen atoms in total. The van der Waals surface area contributed by atoms with E-state index >= 15 is 0 Å². The standard InChI is InChI=1S/C20H24ClNO3/c1-3-15-9-11-16(12-10-15)24-14-13-22-20(23)18(4-2)25-19-8-6-5-7-17(19)21/h5-12,18H,3-4,13-14H2,1-2H3,(H,22,23)/t18-/m1/s1. The topological polar surface area (TPSA) is 47.6 Å². The van der Waals surface area contributed by atoms with Crippen molar-refractivity contribution in [1.82, 2.24) is 5.32 Å². The molecule has 0 saturated carbocycles. The van der Waals surface area contributed by atoms with Crippen molar-refractivity contribution in [1.29, 1.82) is 0 Å². The molecule has 25 heavy (non-hydrogen) atoms. The van der Waals surface area contributed by atoms with Crippen LogP contribution in [0.15, 0.2) is 48.5 Å². The number of aryl methyl sites for hydroxylation is 1. The fraction of sp³-hybridized carbons (Fsp3) is 0.350. The molecule has 0 spiro atoms. The van der Waals surface area contributed by atoms with E-state index < -0.39 is 6.10 Å². The summed E-state index contributed by atoms with van der Waals surface area (Å²) >= 11 is 6.07. The number of hydrogen-bond acceptors (Lipinski definition) is 3. The summed E-state index contributed by atoms with van der Waals surface area (Å²) in [5.74, 6) is 1.14. The van der Waals surface area contributed by atoms with Crippen LogP contribution in [0.1, 0.15) is 25.8 Å². The molecule has 1 amide bonds. The number of hydrogen-bond donors (Lipinski definition) is 1. The summed E-state index contributed by atoms with van der Waals surface area (Å²) in [6.07, 6.45) is 0.972. The molecule has 2 rings (SSSR count). The average Bonchev–Trinajstić information content (AvgIpc) is 2.65. The highest BCUT2D eigenvalue weighted by Gasteiger charge is 2.18. The number of carbonyl (C=O) groups excluding carboxylic acids is 1. The van der Waals surface area contributed by atoms with Gasteiger partial charge >= 0.3 is 0 Å². The Hall–Kier alpha value is -2.20. The van der Waals surface area contributed by atoms with Crippen LogP contribution in [0, 0.1) is 0 Å². The molecule has 2 aromatic rings. The van der Waals surface area contributed by atoms with Gasteiger partial charge in [0, 0.05) is 0 Å². The second kappa shape index (κ2) is 9.94. The van der Waals surface area contributed by atoms with Gasteiger partial charge in [-0.1, -0.05) is 49.7 Å². The molecule has 0 saturated heterocycles. The van der Waals surface area contributed by atoms with Gasteiger partial charge in [-0.3, -0.25) is 4.79 Å². The van der Waals surface area contributed by atoms with Crippen molar-refractivity contribution >= 4 is 17.5 Å². The first-order chi connectivity index (χ1) is 12.1. The maximum atomic E-state index is 12.3. The molecule has 0 fully saturated rings. The number of carbonyl (C=O) groups is 1. The van der Waals surface area contributed by atoms with Gasteiger partial charge in [-0.2, -0.15) is 0 Å². The SMILES string of the molecule is CCc1ccc(OCCNC(=O)[C@@H](CC)Oc2ccccc2Cl)cc1. The maximum absolute atomic E-state index is 12.3. The monoisotopic (exact) mass is 361 g/mol. The molecule has 0 aromatic heterocycles. The second-order valence-electron chi connectivity index (χ2n) is 5.58. The van der Waals surface area contributed by atoms with Crippen molar-refractivity contribution in [2.45, 2.75) is 32.8 Å². The summed E-state index contributed by atoms with van der Waals surface area (Å²) in [6.45, 7) is 4.82. The Balaban J connectivity index is 1.76. The van der Waals surface area contributed by atoms with Gasteiger partial charge in [0.25, 0.3) is 5.91 Å². The van der Waals surface area contributed by atoms with Crippen LogP contribution < -0.4 is 14.8 Å². The van der Waals surface area contributed by atoms with Crippen LogP contribution in [0.5, 0.6) is 11.5 Å². The quantitative estimate of drug-likeness (QED) is 0.679. The summed E-state index contributed by atoms with van der Waals surface area (Å²) in [5, 5.41) is 3.33. The van der Waals surface area contributed by atoms with E-state index in [0.29, 0.717) is 30.3 Å². The second-order valence-corrected chi connectivity index (χ2v) is 5.99. The van der Waals surface area contributed by atoms with Gasteiger partial charge in [-0.05, 0) is 42.7 Å². The zero-order valence-corrected chi connectivity index (χ0v) is 15.4. The summed E-state index contributed by atoms with van der Waals surface area (Å²) in [6, 6.07) is 15.1. The first-order valence-corrected chi connectivity index (χ1v) is 8.92. The fourth-order valence-corrected chi connectivity index (χ4v) is 2.47. The first-order valence-electron chi connectivity index (χ1n) is 8.54. The molecular formula is C20H24ClNO3. The van der Waals surface area contributed by atoms with Crippen LogP contribution in [0.25, 0.3) is 0 Å². The highest BCUT2D eigenvalue weighted by molar-refractivity contribution is 6.32. The lowest BCUT2D eigenvalue weighted by Gasteiger charge is -2.18. The highest BCUT2D eigenvalue weighted by atomic mass is 35.5. The van der Waals surface area contributed by atoms with Crippen LogP contribution in [0.4, 0.5) is 0 Å². The third kappa shape index (κ3) is 5.98. The number of ether oxygens (including phenoxy) is 2. The van der Waals surface area contributed by atoms with Crippen LogP contribution in [0.2, 0.25) is 5.02 Å². The van der Waals surface area contributed by atoms with E-state index in [1.807, 2.05) is 43.3 Å². The van der Waals surface area contributed by atoms with E-state index in [1.54, 1.807) is 12.1 Å². The van der Waals surface area contributed by atoms with Crippen molar-refractivity contribution in [2.75, 3.05) is 13.2 Å². The van der Waals surface area contributed by atoms with Crippen LogP contribution in [0.3, 0.4) is 0 Å². The molecule has 0 aliphatic carbocycles. The van der Waals surface area contributed by atoms with Crippen molar-refractivity contribution in [3.63, 3.8) is 0 Å². The van der Waals surface area contributed by atoms with Crippen LogP contribution in [-0.4, -0.2) is 25.2 Å². The van der Waals surface area contributed by atoms with Gasteiger partial charge in [0.15, 0.2) is 6.10 Å². The van der Waals surface area contributed by atoms with E-state index in [0.717, 1.165) is 12.2 Å². The molecular weight excluding hydrogens is 338 g/mol. The van der Waals surface area contributed by atoms with Gasteiger partial charge in [-0.25, -0.2) is 0 Å². The number of rotatable bonds is 9. The predicted molar refractivity (Wildman–Crippen MR) is 100 cm³/mol. The molecule has 0 unspecified atom stereocenters. The minimum atomic E-state index is -0.580. The van der Waals surface area contributed by atoms with Crippen molar-refractivity contribution < 1.29 is 14.3 Å². The molecule has 2 aromatic carbocycles. The lowest BCUT2D eigenvalue weighted by atomic mass is 10.2. The van der Waals surface area contributed by atoms with Crippen molar-refractivity contribution in [3.8, 4) is 11.5 Å². The minimum absolute atomic E-state index is 0.174. The lowest BCUT2D eigenvalue weighted by Crippen LogP contribution is -2.39. The Morgan fingerprint density at radius 1 is 1.12 bits per heavy atom. The summed E-state index contributed by atoms with van der Waals surface area (Å²) < 4.78 is 11.3. The first kappa shape index (κ1) is 19.1. The minimum Gasteiger partial charge on any atom is -0.492 e. The Morgan fingerprint density at radius 2 is 1.84 bits per heavy atom. The Morgan fingerprint density at radius 3 is 2.48 bits per heavy atom. The van der Waals surface area contributed by atoms with E-state index in [1.165, 1.54) is 5.56 Å². The number of benzene rings is 2. The highest BCUT2D eigenvalue weighted by Crippen LogP contribution is 2.24. The van der Waals surface area contributed by atoms with E-state index in [2.05, 4.69) is 12.2 Å². The van der Waals surface area contributed by atoms with E-state index in [4.69, 9.17) is 21.1 Å². The molecule has 0 radical (unpaired) electrons. The van der Waals surface area contributed by atoms with Gasteiger partial charge in [0.05, 0.1) is 11.6 Å². The maximum Gasteiger partial charge on any atom is 0.261 e. The molecule has 1 atom stereocenters. The smallest absolute Gasteiger partial charge is 0.261 e. The molecule has 0 bridgehead atoms. The molecule has 1 N–H and O–H groups in total. The van der Waals surface area contributed by atoms with E-state index in [-0.39, 0.29) is 5.91 Å². The summed E-state index contributed by atoms with van der Waals surface area (Å²) in [7, 11) is 0. The average molecular weight is 362 g/mol. The van der Waals surface area contributed by atoms with E-state index in [9.17, 15) is 4.79 Å². The molecule has 134 valence electrons. The number of halogens is 1. The van der Waals surface area contributed by atoms with Gasteiger partial charge < -0.3 is 14.8 Å². The zero-order valence-electron chi connectivity index (χ0n) is 14.6. The number of amides is 1. The normalized spacial score (nSPS) is 11.6. The van der Waals surface area contributed by atoms with Crippen LogP contribution in [-0.2, 0) is 11.2 Å². The third-order valence-electron chi connectivity index (χ3n) is 3.77.